The number of rotatable bonds is 6. The average Bonchev–Trinajstić information content (AvgIpc) is 3.10. The quantitative estimate of drug-likeness (QED) is 0.614. The number of ether oxygens (including phenoxy) is 1. The lowest BCUT2D eigenvalue weighted by molar-refractivity contribution is -0.274. The van der Waals surface area contributed by atoms with E-state index >= 15 is 0 Å². The van der Waals surface area contributed by atoms with Crippen molar-refractivity contribution >= 4 is 18.0 Å². The van der Waals surface area contributed by atoms with Gasteiger partial charge in [-0.1, -0.05) is 24.3 Å². The number of aromatic nitrogens is 2. The molecule has 3 rings (SSSR count). The minimum atomic E-state index is -4.79. The molecule has 3 aromatic rings. The highest BCUT2D eigenvalue weighted by Crippen LogP contribution is 2.25. The van der Waals surface area contributed by atoms with Crippen LogP contribution in [-0.4, -0.2) is 28.3 Å². The molecule has 0 unspecified atom stereocenters. The van der Waals surface area contributed by atoms with Crippen LogP contribution in [0.5, 0.6) is 5.75 Å². The molecule has 0 aliphatic heterocycles. The zero-order valence-corrected chi connectivity index (χ0v) is 15.2. The van der Waals surface area contributed by atoms with Crippen LogP contribution in [-0.2, 0) is 6.54 Å². The molecule has 0 saturated heterocycles. The normalized spacial score (nSPS) is 11.2. The smallest absolute Gasteiger partial charge is 0.406 e. The van der Waals surface area contributed by atoms with Gasteiger partial charge in [-0.15, -0.1) is 13.2 Å². The Morgan fingerprint density at radius 3 is 2.34 bits per heavy atom. The third-order valence-electron chi connectivity index (χ3n) is 4.01. The van der Waals surface area contributed by atoms with Crippen LogP contribution in [0.3, 0.4) is 0 Å². The van der Waals surface area contributed by atoms with Crippen molar-refractivity contribution in [3.63, 3.8) is 0 Å². The molecule has 0 spiro atoms. The molecule has 2 aromatic carbocycles. The molecule has 0 radical (unpaired) electrons. The Bertz CT molecular complexity index is 1010. The highest BCUT2D eigenvalue weighted by molar-refractivity contribution is 6.04. The second-order valence-corrected chi connectivity index (χ2v) is 6.00. The van der Waals surface area contributed by atoms with Gasteiger partial charge in [0.05, 0.1) is 5.69 Å². The summed E-state index contributed by atoms with van der Waals surface area (Å²) < 4.78 is 42.1. The summed E-state index contributed by atoms with van der Waals surface area (Å²) in [5, 5.41) is 7.12. The highest BCUT2D eigenvalue weighted by Gasteiger charge is 2.31. The molecule has 0 aliphatic carbocycles. The Morgan fingerprint density at radius 1 is 1.14 bits per heavy atom. The molecule has 1 amide bonds. The van der Waals surface area contributed by atoms with E-state index < -0.39 is 18.0 Å². The Labute approximate surface area is 163 Å². The van der Waals surface area contributed by atoms with Crippen LogP contribution in [0.1, 0.15) is 27.6 Å². The van der Waals surface area contributed by atoms with E-state index in [1.165, 1.54) is 12.1 Å². The lowest BCUT2D eigenvalue weighted by Crippen LogP contribution is -2.18. The number of aryl methyl sites for hydroxylation is 1. The first-order valence-electron chi connectivity index (χ1n) is 8.59. The first kappa shape index (κ1) is 20.1. The molecular weight excluding hydrogens is 387 g/mol. The minimum absolute atomic E-state index is 0.167. The van der Waals surface area contributed by atoms with Crippen LogP contribution in [0.4, 0.5) is 19.0 Å². The number of anilines is 1. The van der Waals surface area contributed by atoms with E-state index in [1.807, 2.05) is 6.92 Å². The van der Waals surface area contributed by atoms with Crippen LogP contribution in [0.15, 0.2) is 54.6 Å². The molecule has 9 heteroatoms. The fourth-order valence-corrected chi connectivity index (χ4v) is 2.63. The fourth-order valence-electron chi connectivity index (χ4n) is 2.63. The molecule has 150 valence electrons. The number of carbonyl (C=O) groups is 2. The summed E-state index contributed by atoms with van der Waals surface area (Å²) >= 11 is 0. The number of carbonyl (C=O) groups excluding carboxylic acids is 2. The Kier molecular flexibility index (Phi) is 5.67. The Balaban J connectivity index is 1.77. The lowest BCUT2D eigenvalue weighted by Gasteiger charge is -2.10. The number of benzene rings is 2. The lowest BCUT2D eigenvalue weighted by atomic mass is 10.1. The SMILES string of the molecule is CCn1nc(-c2ccc(C=O)cc2)cc1NC(=O)c1ccc(OC(F)(F)F)cc1. The summed E-state index contributed by atoms with van der Waals surface area (Å²) in [5.41, 5.74) is 2.08. The van der Waals surface area contributed by atoms with Gasteiger partial charge in [0.1, 0.15) is 17.9 Å². The van der Waals surface area contributed by atoms with E-state index in [-0.39, 0.29) is 5.56 Å². The summed E-state index contributed by atoms with van der Waals surface area (Å²) in [6.45, 7) is 2.34. The van der Waals surface area contributed by atoms with Gasteiger partial charge < -0.3 is 10.1 Å². The number of hydrogen-bond acceptors (Lipinski definition) is 4. The number of nitrogens with one attached hydrogen (secondary N) is 1. The number of nitrogens with zero attached hydrogens (tertiary/aromatic N) is 2. The summed E-state index contributed by atoms with van der Waals surface area (Å²) in [6.07, 6.45) is -4.05. The van der Waals surface area contributed by atoms with Gasteiger partial charge >= 0.3 is 6.36 Å². The van der Waals surface area contributed by atoms with Gasteiger partial charge in [-0.05, 0) is 31.2 Å². The third-order valence-corrected chi connectivity index (χ3v) is 4.01. The van der Waals surface area contributed by atoms with Crippen LogP contribution in [0.2, 0.25) is 0 Å². The van der Waals surface area contributed by atoms with Crippen LogP contribution >= 0.6 is 0 Å². The maximum Gasteiger partial charge on any atom is 0.573 e. The molecule has 1 N–H and O–H groups in total. The van der Waals surface area contributed by atoms with Gasteiger partial charge in [0, 0.05) is 29.3 Å². The molecule has 0 bridgehead atoms. The van der Waals surface area contributed by atoms with Crippen molar-refractivity contribution in [3.05, 3.63) is 65.7 Å². The zero-order valence-electron chi connectivity index (χ0n) is 15.2. The Hall–Kier alpha value is -3.62. The summed E-state index contributed by atoms with van der Waals surface area (Å²) in [7, 11) is 0. The zero-order chi connectivity index (χ0) is 21.0. The van der Waals surface area contributed by atoms with Crippen LogP contribution in [0, 0.1) is 0 Å². The number of amides is 1. The van der Waals surface area contributed by atoms with Crippen molar-refractivity contribution in [1.82, 2.24) is 9.78 Å². The first-order valence-corrected chi connectivity index (χ1v) is 8.59. The van der Waals surface area contributed by atoms with Gasteiger partial charge in [0.2, 0.25) is 0 Å². The number of halogens is 3. The number of aldehydes is 1. The van der Waals surface area contributed by atoms with Gasteiger partial charge in [0.15, 0.2) is 0 Å². The molecule has 6 nitrogen and oxygen atoms in total. The van der Waals surface area contributed by atoms with Crippen molar-refractivity contribution in [3.8, 4) is 17.0 Å². The summed E-state index contributed by atoms with van der Waals surface area (Å²) in [5.74, 6) is -0.475. The molecule has 0 saturated carbocycles. The van der Waals surface area contributed by atoms with Crippen molar-refractivity contribution < 1.29 is 27.5 Å². The van der Waals surface area contributed by atoms with E-state index in [0.717, 1.165) is 24.0 Å². The Morgan fingerprint density at radius 2 is 1.79 bits per heavy atom. The molecule has 0 atom stereocenters. The molecular formula is C20H16F3N3O3. The van der Waals surface area contributed by atoms with E-state index in [2.05, 4.69) is 15.2 Å². The molecule has 1 aromatic heterocycles. The highest BCUT2D eigenvalue weighted by atomic mass is 19.4. The van der Waals surface area contributed by atoms with Gasteiger partial charge in [-0.2, -0.15) is 5.10 Å². The number of alkyl halides is 3. The monoisotopic (exact) mass is 403 g/mol. The largest absolute Gasteiger partial charge is 0.573 e. The van der Waals surface area contributed by atoms with E-state index in [4.69, 9.17) is 0 Å². The maximum atomic E-state index is 12.5. The fraction of sp³-hybridized carbons (Fsp3) is 0.150. The van der Waals surface area contributed by atoms with Crippen molar-refractivity contribution in [2.75, 3.05) is 5.32 Å². The predicted molar refractivity (Wildman–Crippen MR) is 99.8 cm³/mol. The minimum Gasteiger partial charge on any atom is -0.406 e. The van der Waals surface area contributed by atoms with Crippen molar-refractivity contribution in [2.45, 2.75) is 19.8 Å². The van der Waals surface area contributed by atoms with E-state index in [0.29, 0.717) is 23.6 Å². The van der Waals surface area contributed by atoms with Crippen LogP contribution in [0.25, 0.3) is 11.3 Å². The summed E-state index contributed by atoms with van der Waals surface area (Å²) in [4.78, 5) is 23.2. The third kappa shape index (κ3) is 5.01. The molecule has 29 heavy (non-hydrogen) atoms. The van der Waals surface area contributed by atoms with E-state index in [1.54, 1.807) is 35.0 Å². The van der Waals surface area contributed by atoms with Crippen LogP contribution < -0.4 is 10.1 Å². The standard InChI is InChI=1S/C20H16F3N3O3/c1-2-26-18(11-17(25-26)14-5-3-13(12-27)4-6-14)24-19(28)15-7-9-16(10-8-15)29-20(21,22)23/h3-12H,2H2,1H3,(H,24,28). The maximum absolute atomic E-state index is 12.5. The predicted octanol–water partition coefficient (Wildman–Crippen LogP) is 4.53. The van der Waals surface area contributed by atoms with Gasteiger partial charge in [-0.25, -0.2) is 4.68 Å². The van der Waals surface area contributed by atoms with Gasteiger partial charge in [0.25, 0.3) is 5.91 Å². The first-order chi connectivity index (χ1) is 13.8. The average molecular weight is 403 g/mol. The molecule has 0 aliphatic rings. The summed E-state index contributed by atoms with van der Waals surface area (Å²) in [6, 6.07) is 13.1. The van der Waals surface area contributed by atoms with Gasteiger partial charge in [-0.3, -0.25) is 9.59 Å². The van der Waals surface area contributed by atoms with E-state index in [9.17, 15) is 22.8 Å². The second kappa shape index (κ2) is 8.17. The number of hydrogen-bond donors (Lipinski definition) is 1. The topological polar surface area (TPSA) is 73.2 Å². The molecule has 1 heterocycles. The van der Waals surface area contributed by atoms with Crippen molar-refractivity contribution in [2.24, 2.45) is 0 Å². The second-order valence-electron chi connectivity index (χ2n) is 6.00. The molecule has 0 fully saturated rings. The van der Waals surface area contributed by atoms with Crippen molar-refractivity contribution in [1.29, 1.82) is 0 Å².